The standard InChI is InChI=1S/C16H23NO4/c1-12(2)10-14(16(20)21)17(9-8-15(18)19)11-13-6-4-3-5-7-13/h3-7,12,14H,8-11H2,1-2H3,(H,18,19)(H,20,21). The van der Waals surface area contributed by atoms with E-state index in [-0.39, 0.29) is 18.9 Å². The molecule has 0 fully saturated rings. The van der Waals surface area contributed by atoms with Gasteiger partial charge in [0.05, 0.1) is 6.42 Å². The second-order valence-corrected chi connectivity index (χ2v) is 5.58. The molecule has 116 valence electrons. The van der Waals surface area contributed by atoms with Crippen LogP contribution in [0.5, 0.6) is 0 Å². The van der Waals surface area contributed by atoms with Gasteiger partial charge in [-0.15, -0.1) is 0 Å². The van der Waals surface area contributed by atoms with Crippen LogP contribution < -0.4 is 0 Å². The Bertz CT molecular complexity index is 459. The highest BCUT2D eigenvalue weighted by Crippen LogP contribution is 2.16. The van der Waals surface area contributed by atoms with Crippen molar-refractivity contribution in [2.75, 3.05) is 6.54 Å². The lowest BCUT2D eigenvalue weighted by Gasteiger charge is -2.29. The molecule has 1 rings (SSSR count). The van der Waals surface area contributed by atoms with Crippen molar-refractivity contribution in [3.05, 3.63) is 35.9 Å². The molecule has 21 heavy (non-hydrogen) atoms. The Morgan fingerprint density at radius 1 is 1.14 bits per heavy atom. The number of carbonyl (C=O) groups is 2. The molecule has 0 saturated heterocycles. The van der Waals surface area contributed by atoms with E-state index in [0.29, 0.717) is 13.0 Å². The van der Waals surface area contributed by atoms with Gasteiger partial charge in [-0.3, -0.25) is 14.5 Å². The van der Waals surface area contributed by atoms with Gasteiger partial charge in [-0.05, 0) is 17.9 Å². The minimum atomic E-state index is -0.915. The van der Waals surface area contributed by atoms with E-state index in [1.165, 1.54) is 0 Å². The van der Waals surface area contributed by atoms with Crippen molar-refractivity contribution in [1.29, 1.82) is 0 Å². The number of hydrogen-bond acceptors (Lipinski definition) is 3. The molecule has 0 aliphatic carbocycles. The largest absolute Gasteiger partial charge is 0.481 e. The SMILES string of the molecule is CC(C)CC(C(=O)O)N(CCC(=O)O)Cc1ccccc1. The maximum Gasteiger partial charge on any atom is 0.320 e. The van der Waals surface area contributed by atoms with Gasteiger partial charge in [-0.1, -0.05) is 44.2 Å². The maximum atomic E-state index is 11.5. The summed E-state index contributed by atoms with van der Waals surface area (Å²) in [6.07, 6.45) is 0.441. The van der Waals surface area contributed by atoms with E-state index in [4.69, 9.17) is 5.11 Å². The van der Waals surface area contributed by atoms with E-state index in [1.54, 1.807) is 4.90 Å². The number of hydrogen-bond donors (Lipinski definition) is 2. The first kappa shape index (κ1) is 17.2. The van der Waals surface area contributed by atoms with Crippen molar-refractivity contribution < 1.29 is 19.8 Å². The van der Waals surface area contributed by atoms with Crippen LogP contribution in [-0.2, 0) is 16.1 Å². The van der Waals surface area contributed by atoms with Crippen LogP contribution in [0.4, 0.5) is 0 Å². The van der Waals surface area contributed by atoms with Gasteiger partial charge in [-0.25, -0.2) is 0 Å². The predicted molar refractivity (Wildman–Crippen MR) is 80.0 cm³/mol. The van der Waals surface area contributed by atoms with Gasteiger partial charge in [-0.2, -0.15) is 0 Å². The molecule has 5 heteroatoms. The second kappa shape index (κ2) is 8.42. The van der Waals surface area contributed by atoms with Crippen LogP contribution in [0.3, 0.4) is 0 Å². The van der Waals surface area contributed by atoms with Crippen molar-refractivity contribution >= 4 is 11.9 Å². The van der Waals surface area contributed by atoms with Crippen LogP contribution in [0.1, 0.15) is 32.3 Å². The monoisotopic (exact) mass is 293 g/mol. The molecule has 0 aromatic heterocycles. The fraction of sp³-hybridized carbons (Fsp3) is 0.500. The third-order valence-corrected chi connectivity index (χ3v) is 3.26. The summed E-state index contributed by atoms with van der Waals surface area (Å²) in [7, 11) is 0. The third kappa shape index (κ3) is 6.40. The predicted octanol–water partition coefficient (Wildman–Crippen LogP) is 2.46. The minimum Gasteiger partial charge on any atom is -0.481 e. The number of carboxylic acids is 2. The average molecular weight is 293 g/mol. The van der Waals surface area contributed by atoms with Crippen LogP contribution in [0.25, 0.3) is 0 Å². The number of rotatable bonds is 9. The smallest absolute Gasteiger partial charge is 0.320 e. The van der Waals surface area contributed by atoms with Gasteiger partial charge in [0.1, 0.15) is 6.04 Å². The number of benzene rings is 1. The summed E-state index contributed by atoms with van der Waals surface area (Å²) in [6.45, 7) is 4.60. The van der Waals surface area contributed by atoms with Gasteiger partial charge in [0, 0.05) is 13.1 Å². The molecule has 5 nitrogen and oxygen atoms in total. The van der Waals surface area contributed by atoms with Gasteiger partial charge in [0.15, 0.2) is 0 Å². The highest BCUT2D eigenvalue weighted by atomic mass is 16.4. The van der Waals surface area contributed by atoms with Gasteiger partial charge < -0.3 is 10.2 Å². The zero-order valence-corrected chi connectivity index (χ0v) is 12.5. The van der Waals surface area contributed by atoms with Crippen LogP contribution in [0, 0.1) is 5.92 Å². The zero-order chi connectivity index (χ0) is 15.8. The van der Waals surface area contributed by atoms with E-state index >= 15 is 0 Å². The van der Waals surface area contributed by atoms with Crippen LogP contribution in [0.2, 0.25) is 0 Å². The first-order valence-electron chi connectivity index (χ1n) is 7.12. The van der Waals surface area contributed by atoms with Crippen LogP contribution in [-0.4, -0.2) is 39.6 Å². The van der Waals surface area contributed by atoms with Crippen molar-refractivity contribution in [1.82, 2.24) is 4.90 Å². The number of aliphatic carboxylic acids is 2. The summed E-state index contributed by atoms with van der Waals surface area (Å²) in [5, 5.41) is 18.3. The summed E-state index contributed by atoms with van der Waals surface area (Å²) in [6, 6.07) is 8.86. The Balaban J connectivity index is 2.87. The van der Waals surface area contributed by atoms with Gasteiger partial charge in [0.25, 0.3) is 0 Å². The van der Waals surface area contributed by atoms with Crippen LogP contribution >= 0.6 is 0 Å². The summed E-state index contributed by atoms with van der Waals surface area (Å²) in [5.41, 5.74) is 0.984. The minimum absolute atomic E-state index is 0.0608. The Morgan fingerprint density at radius 2 is 1.76 bits per heavy atom. The summed E-state index contributed by atoms with van der Waals surface area (Å²) >= 11 is 0. The fourth-order valence-electron chi connectivity index (χ4n) is 2.25. The quantitative estimate of drug-likeness (QED) is 0.731. The molecule has 1 atom stereocenters. The van der Waals surface area contributed by atoms with E-state index in [9.17, 15) is 14.7 Å². The van der Waals surface area contributed by atoms with Crippen molar-refractivity contribution in [3.8, 4) is 0 Å². The second-order valence-electron chi connectivity index (χ2n) is 5.58. The molecule has 0 bridgehead atoms. The number of nitrogens with zero attached hydrogens (tertiary/aromatic N) is 1. The lowest BCUT2D eigenvalue weighted by Crippen LogP contribution is -2.42. The van der Waals surface area contributed by atoms with Crippen molar-refractivity contribution in [2.45, 2.75) is 39.3 Å². The molecule has 1 aromatic carbocycles. The molecule has 0 heterocycles. The Kier molecular flexibility index (Phi) is 6.88. The highest BCUT2D eigenvalue weighted by Gasteiger charge is 2.26. The van der Waals surface area contributed by atoms with E-state index in [2.05, 4.69) is 0 Å². The summed E-state index contributed by atoms with van der Waals surface area (Å²) in [4.78, 5) is 24.1. The molecule has 0 saturated carbocycles. The molecule has 0 spiro atoms. The van der Waals surface area contributed by atoms with E-state index in [0.717, 1.165) is 5.56 Å². The highest BCUT2D eigenvalue weighted by molar-refractivity contribution is 5.73. The Hall–Kier alpha value is -1.88. The molecule has 0 radical (unpaired) electrons. The first-order valence-corrected chi connectivity index (χ1v) is 7.12. The molecule has 2 N–H and O–H groups in total. The normalized spacial score (nSPS) is 12.6. The van der Waals surface area contributed by atoms with Crippen molar-refractivity contribution in [2.24, 2.45) is 5.92 Å². The maximum absolute atomic E-state index is 11.5. The molecule has 0 aliphatic rings. The molecular weight excluding hydrogens is 270 g/mol. The molecular formula is C16H23NO4. The van der Waals surface area contributed by atoms with Gasteiger partial charge >= 0.3 is 11.9 Å². The Labute approximate surface area is 125 Å². The fourth-order valence-corrected chi connectivity index (χ4v) is 2.25. The summed E-state index contributed by atoms with van der Waals surface area (Å²) < 4.78 is 0. The lowest BCUT2D eigenvalue weighted by molar-refractivity contribution is -0.146. The Morgan fingerprint density at radius 3 is 2.24 bits per heavy atom. The van der Waals surface area contributed by atoms with Crippen molar-refractivity contribution in [3.63, 3.8) is 0 Å². The topological polar surface area (TPSA) is 77.8 Å². The summed E-state index contributed by atoms with van der Waals surface area (Å²) in [5.74, 6) is -1.58. The average Bonchev–Trinajstić information content (AvgIpc) is 2.41. The van der Waals surface area contributed by atoms with E-state index in [1.807, 2.05) is 44.2 Å². The van der Waals surface area contributed by atoms with E-state index < -0.39 is 18.0 Å². The van der Waals surface area contributed by atoms with Crippen LogP contribution in [0.15, 0.2) is 30.3 Å². The molecule has 1 unspecified atom stereocenters. The zero-order valence-electron chi connectivity index (χ0n) is 12.5. The molecule has 1 aromatic rings. The lowest BCUT2D eigenvalue weighted by atomic mass is 10.0. The first-order chi connectivity index (χ1) is 9.90. The molecule has 0 aliphatic heterocycles. The molecule has 0 amide bonds. The number of carboxylic acid groups (broad SMARTS) is 2. The third-order valence-electron chi connectivity index (χ3n) is 3.26. The van der Waals surface area contributed by atoms with Gasteiger partial charge in [0.2, 0.25) is 0 Å².